The van der Waals surface area contributed by atoms with E-state index in [2.05, 4.69) is 25.3 Å². The monoisotopic (exact) mass is 155 g/mol. The van der Waals surface area contributed by atoms with Crippen LogP contribution in [0.5, 0.6) is 0 Å². The van der Waals surface area contributed by atoms with Gasteiger partial charge in [-0.3, -0.25) is 0 Å². The van der Waals surface area contributed by atoms with Crippen LogP contribution < -0.4 is 5.73 Å². The van der Waals surface area contributed by atoms with E-state index in [4.69, 9.17) is 5.73 Å². The molecular weight excluding hydrogens is 142 g/mol. The van der Waals surface area contributed by atoms with Crippen LogP contribution in [-0.2, 0) is 0 Å². The van der Waals surface area contributed by atoms with E-state index in [9.17, 15) is 0 Å². The second-order valence-electron chi connectivity index (χ2n) is 2.56. The van der Waals surface area contributed by atoms with Crippen LogP contribution in [0.2, 0.25) is 0 Å². The number of hydrogen-bond donors (Lipinski definition) is 1. The van der Waals surface area contributed by atoms with Crippen LogP contribution in [0.3, 0.4) is 0 Å². The third kappa shape index (κ3) is 1.37. The Morgan fingerprint density at radius 1 is 1.70 bits per heavy atom. The van der Waals surface area contributed by atoms with Crippen LogP contribution in [0.15, 0.2) is 22.8 Å². The summed E-state index contributed by atoms with van der Waals surface area (Å²) in [6.07, 6.45) is 7.45. The molecule has 0 fully saturated rings. The maximum absolute atomic E-state index is 5.84. The summed E-state index contributed by atoms with van der Waals surface area (Å²) in [6.45, 7) is 2.16. The van der Waals surface area contributed by atoms with Crippen molar-refractivity contribution in [2.24, 2.45) is 11.7 Å². The first kappa shape index (κ1) is 7.73. The third-order valence-corrected chi connectivity index (χ3v) is 2.61. The number of hydrogen-bond acceptors (Lipinski definition) is 2. The average Bonchev–Trinajstić information content (AvgIpc) is 1.95. The zero-order valence-electron chi connectivity index (χ0n) is 6.42. The largest absolute Gasteiger partial charge is 0.401 e. The summed E-state index contributed by atoms with van der Waals surface area (Å²) < 4.78 is 0. The van der Waals surface area contributed by atoms with Crippen LogP contribution in [-0.4, -0.2) is 6.26 Å². The van der Waals surface area contributed by atoms with Gasteiger partial charge in [0, 0.05) is 16.5 Å². The van der Waals surface area contributed by atoms with E-state index in [0.29, 0.717) is 5.92 Å². The van der Waals surface area contributed by atoms with Crippen molar-refractivity contribution in [1.82, 2.24) is 0 Å². The lowest BCUT2D eigenvalue weighted by molar-refractivity contribution is 0.675. The van der Waals surface area contributed by atoms with Crippen molar-refractivity contribution in [3.63, 3.8) is 0 Å². The van der Waals surface area contributed by atoms with E-state index < -0.39 is 0 Å². The molecule has 0 aromatic carbocycles. The van der Waals surface area contributed by atoms with E-state index in [-0.39, 0.29) is 0 Å². The van der Waals surface area contributed by atoms with Gasteiger partial charge in [-0.25, -0.2) is 0 Å². The fraction of sp³-hybridized carbons (Fsp3) is 0.500. The molecule has 0 heterocycles. The van der Waals surface area contributed by atoms with Crippen molar-refractivity contribution in [1.29, 1.82) is 0 Å². The van der Waals surface area contributed by atoms with Gasteiger partial charge >= 0.3 is 0 Å². The molecule has 0 unspecified atom stereocenters. The molecule has 1 nitrogen and oxygen atoms in total. The number of rotatable bonds is 1. The smallest absolute Gasteiger partial charge is 0.0256 e. The molecule has 10 heavy (non-hydrogen) atoms. The van der Waals surface area contributed by atoms with E-state index in [1.807, 2.05) is 0 Å². The second kappa shape index (κ2) is 3.15. The van der Waals surface area contributed by atoms with Crippen LogP contribution in [0.1, 0.15) is 13.3 Å². The van der Waals surface area contributed by atoms with Gasteiger partial charge in [0.15, 0.2) is 0 Å². The van der Waals surface area contributed by atoms with Gasteiger partial charge in [0.25, 0.3) is 0 Å². The van der Waals surface area contributed by atoms with Gasteiger partial charge in [0.1, 0.15) is 0 Å². The van der Waals surface area contributed by atoms with Gasteiger partial charge in [-0.05, 0) is 12.7 Å². The molecule has 0 radical (unpaired) electrons. The molecule has 1 aliphatic carbocycles. The van der Waals surface area contributed by atoms with E-state index in [1.54, 1.807) is 11.8 Å². The minimum atomic E-state index is 0.535. The number of nitrogens with two attached hydrogens (primary N) is 1. The van der Waals surface area contributed by atoms with Crippen molar-refractivity contribution in [2.75, 3.05) is 6.26 Å². The van der Waals surface area contributed by atoms with Gasteiger partial charge < -0.3 is 5.73 Å². The molecule has 1 rings (SSSR count). The van der Waals surface area contributed by atoms with Gasteiger partial charge in [0.2, 0.25) is 0 Å². The van der Waals surface area contributed by atoms with Gasteiger partial charge in [0.05, 0.1) is 0 Å². The fourth-order valence-corrected chi connectivity index (χ4v) is 1.70. The first-order valence-corrected chi connectivity index (χ1v) is 4.68. The van der Waals surface area contributed by atoms with Crippen molar-refractivity contribution in [3.8, 4) is 0 Å². The number of thioether (sulfide) groups is 1. The Morgan fingerprint density at radius 3 is 2.90 bits per heavy atom. The highest BCUT2D eigenvalue weighted by molar-refractivity contribution is 8.02. The maximum atomic E-state index is 5.84. The number of allylic oxidation sites excluding steroid dienone is 3. The van der Waals surface area contributed by atoms with Crippen molar-refractivity contribution < 1.29 is 0 Å². The summed E-state index contributed by atoms with van der Waals surface area (Å²) in [4.78, 5) is 1.23. The summed E-state index contributed by atoms with van der Waals surface area (Å²) in [7, 11) is 0. The van der Waals surface area contributed by atoms with Crippen LogP contribution >= 0.6 is 11.8 Å². The SMILES string of the molecule is CSC1=C(N)[C@H](C)CC=C1. The molecule has 0 bridgehead atoms. The normalized spacial score (nSPS) is 25.6. The molecule has 56 valence electrons. The summed E-state index contributed by atoms with van der Waals surface area (Å²) in [6, 6.07) is 0. The van der Waals surface area contributed by atoms with Gasteiger partial charge in [-0.1, -0.05) is 19.1 Å². The molecule has 0 saturated heterocycles. The zero-order valence-corrected chi connectivity index (χ0v) is 7.24. The highest BCUT2D eigenvalue weighted by Gasteiger charge is 2.10. The Kier molecular flexibility index (Phi) is 2.44. The average molecular weight is 155 g/mol. The second-order valence-corrected chi connectivity index (χ2v) is 3.41. The Bertz CT molecular complexity index is 182. The van der Waals surface area contributed by atoms with Gasteiger partial charge in [-0.2, -0.15) is 0 Å². The van der Waals surface area contributed by atoms with Crippen molar-refractivity contribution in [3.05, 3.63) is 22.8 Å². The predicted octanol–water partition coefficient (Wildman–Crippen LogP) is 2.12. The van der Waals surface area contributed by atoms with Crippen molar-refractivity contribution >= 4 is 11.8 Å². The quantitative estimate of drug-likeness (QED) is 0.627. The Balaban J connectivity index is 2.82. The summed E-state index contributed by atoms with van der Waals surface area (Å²) in [5.41, 5.74) is 6.89. The molecule has 0 aromatic rings. The van der Waals surface area contributed by atoms with E-state index in [1.165, 1.54) is 4.91 Å². The van der Waals surface area contributed by atoms with Crippen LogP contribution in [0, 0.1) is 5.92 Å². The molecule has 0 aliphatic heterocycles. The molecule has 1 aliphatic rings. The Morgan fingerprint density at radius 2 is 2.40 bits per heavy atom. The summed E-state index contributed by atoms with van der Waals surface area (Å²) in [5.74, 6) is 0.535. The topological polar surface area (TPSA) is 26.0 Å². The Hall–Kier alpha value is -0.370. The first-order valence-electron chi connectivity index (χ1n) is 3.46. The lowest BCUT2D eigenvalue weighted by Gasteiger charge is -2.16. The highest BCUT2D eigenvalue weighted by Crippen LogP contribution is 2.26. The first-order chi connectivity index (χ1) is 4.75. The van der Waals surface area contributed by atoms with Gasteiger partial charge in [-0.15, -0.1) is 11.8 Å². The predicted molar refractivity (Wildman–Crippen MR) is 47.6 cm³/mol. The minimum absolute atomic E-state index is 0.535. The molecule has 1 atom stereocenters. The molecule has 0 aromatic heterocycles. The summed E-state index contributed by atoms with van der Waals surface area (Å²) >= 11 is 1.73. The molecule has 2 N–H and O–H groups in total. The third-order valence-electron chi connectivity index (χ3n) is 1.79. The van der Waals surface area contributed by atoms with Crippen molar-refractivity contribution in [2.45, 2.75) is 13.3 Å². The summed E-state index contributed by atoms with van der Waals surface area (Å²) in [5, 5.41) is 0. The van der Waals surface area contributed by atoms with E-state index >= 15 is 0 Å². The highest BCUT2D eigenvalue weighted by atomic mass is 32.2. The molecule has 0 spiro atoms. The molecular formula is C8H13NS. The fourth-order valence-electron chi connectivity index (χ4n) is 1.03. The molecule has 0 amide bonds. The lowest BCUT2D eigenvalue weighted by atomic mass is 10.00. The van der Waals surface area contributed by atoms with Crippen LogP contribution in [0.25, 0.3) is 0 Å². The minimum Gasteiger partial charge on any atom is -0.401 e. The molecule has 0 saturated carbocycles. The standard InChI is InChI=1S/C8H13NS/c1-6-4-3-5-7(10-2)8(6)9/h3,5-6H,4,9H2,1-2H3/t6-/m1/s1. The molecule has 2 heteroatoms. The zero-order chi connectivity index (χ0) is 7.56. The lowest BCUT2D eigenvalue weighted by Crippen LogP contribution is -2.12. The maximum Gasteiger partial charge on any atom is 0.0256 e. The van der Waals surface area contributed by atoms with E-state index in [0.717, 1.165) is 12.1 Å². The Labute approximate surface area is 66.4 Å². The van der Waals surface area contributed by atoms with Crippen LogP contribution in [0.4, 0.5) is 0 Å².